The van der Waals surface area contributed by atoms with Crippen LogP contribution in [0.5, 0.6) is 5.75 Å². The van der Waals surface area contributed by atoms with E-state index in [4.69, 9.17) is 5.73 Å². The van der Waals surface area contributed by atoms with E-state index >= 15 is 0 Å². The average molecular weight is 217 g/mol. The summed E-state index contributed by atoms with van der Waals surface area (Å²) in [5, 5.41) is 14.0. The van der Waals surface area contributed by atoms with Crippen molar-refractivity contribution in [1.82, 2.24) is 9.78 Å². The summed E-state index contributed by atoms with van der Waals surface area (Å²) in [5.41, 5.74) is 9.23. The molecule has 84 valence electrons. The Morgan fingerprint density at radius 3 is 2.19 bits per heavy atom. The molecule has 0 aliphatic carbocycles. The minimum atomic E-state index is 0.340. The maximum Gasteiger partial charge on any atom is 0.121 e. The third kappa shape index (κ3) is 1.62. The van der Waals surface area contributed by atoms with Crippen LogP contribution in [0.4, 0.5) is 5.82 Å². The van der Waals surface area contributed by atoms with Crippen LogP contribution in [0.3, 0.4) is 0 Å². The second kappa shape index (κ2) is 3.56. The monoisotopic (exact) mass is 217 g/mol. The Bertz CT molecular complexity index is 501. The molecule has 16 heavy (non-hydrogen) atoms. The van der Waals surface area contributed by atoms with Crippen molar-refractivity contribution in [1.29, 1.82) is 0 Å². The number of hydrogen-bond donors (Lipinski definition) is 2. The largest absolute Gasteiger partial charge is 0.507 e. The predicted octanol–water partition coefficient (Wildman–Crippen LogP) is 1.99. The van der Waals surface area contributed by atoms with Gasteiger partial charge in [0.05, 0.1) is 5.69 Å². The van der Waals surface area contributed by atoms with Gasteiger partial charge in [-0.1, -0.05) is 0 Å². The first-order valence-electron chi connectivity index (χ1n) is 5.09. The molecule has 0 aliphatic rings. The summed E-state index contributed by atoms with van der Waals surface area (Å²) in [4.78, 5) is 0. The summed E-state index contributed by atoms with van der Waals surface area (Å²) < 4.78 is 1.63. The van der Waals surface area contributed by atoms with Crippen molar-refractivity contribution in [2.75, 3.05) is 5.73 Å². The van der Waals surface area contributed by atoms with Crippen LogP contribution in [0.2, 0.25) is 0 Å². The molecule has 0 atom stereocenters. The highest BCUT2D eigenvalue weighted by Gasteiger charge is 2.08. The van der Waals surface area contributed by atoms with Crippen molar-refractivity contribution in [3.05, 3.63) is 29.3 Å². The number of anilines is 1. The van der Waals surface area contributed by atoms with Crippen molar-refractivity contribution in [3.8, 4) is 17.0 Å². The van der Waals surface area contributed by atoms with Gasteiger partial charge in [0.1, 0.15) is 11.6 Å². The molecule has 0 fully saturated rings. The lowest BCUT2D eigenvalue weighted by Gasteiger charge is -2.05. The fraction of sp³-hybridized carbons (Fsp3) is 0.250. The normalized spacial score (nSPS) is 10.7. The Morgan fingerprint density at radius 2 is 1.75 bits per heavy atom. The number of aryl methyl sites for hydroxylation is 3. The highest BCUT2D eigenvalue weighted by Crippen LogP contribution is 2.28. The lowest BCUT2D eigenvalue weighted by molar-refractivity contribution is 0.467. The minimum absolute atomic E-state index is 0.340. The Morgan fingerprint density at radius 1 is 1.19 bits per heavy atom. The summed E-state index contributed by atoms with van der Waals surface area (Å²) in [6, 6.07) is 5.64. The molecule has 1 aromatic heterocycles. The molecule has 1 heterocycles. The summed E-state index contributed by atoms with van der Waals surface area (Å²) in [6.07, 6.45) is 0. The van der Waals surface area contributed by atoms with Gasteiger partial charge in [0.2, 0.25) is 0 Å². The van der Waals surface area contributed by atoms with Crippen LogP contribution in [-0.4, -0.2) is 14.9 Å². The fourth-order valence-corrected chi connectivity index (χ4v) is 1.73. The molecule has 0 unspecified atom stereocenters. The zero-order valence-corrected chi connectivity index (χ0v) is 9.65. The third-order valence-electron chi connectivity index (χ3n) is 2.70. The zero-order chi connectivity index (χ0) is 11.9. The second-order valence-corrected chi connectivity index (χ2v) is 4.04. The summed E-state index contributed by atoms with van der Waals surface area (Å²) >= 11 is 0. The molecule has 0 aliphatic heterocycles. The van der Waals surface area contributed by atoms with Gasteiger partial charge in [-0.3, -0.25) is 4.68 Å². The van der Waals surface area contributed by atoms with E-state index in [1.807, 2.05) is 32.0 Å². The summed E-state index contributed by atoms with van der Waals surface area (Å²) in [6.45, 7) is 3.75. The van der Waals surface area contributed by atoms with E-state index in [-0.39, 0.29) is 0 Å². The Labute approximate surface area is 94.3 Å². The highest BCUT2D eigenvalue weighted by molar-refractivity contribution is 5.66. The van der Waals surface area contributed by atoms with Crippen LogP contribution in [-0.2, 0) is 7.05 Å². The van der Waals surface area contributed by atoms with Gasteiger partial charge in [0, 0.05) is 18.7 Å². The first-order valence-corrected chi connectivity index (χ1v) is 5.09. The molecule has 0 amide bonds. The molecule has 0 saturated heterocycles. The van der Waals surface area contributed by atoms with Crippen molar-refractivity contribution >= 4 is 5.82 Å². The number of nitrogens with two attached hydrogens (primary N) is 1. The fourth-order valence-electron chi connectivity index (χ4n) is 1.73. The Hall–Kier alpha value is -1.97. The zero-order valence-electron chi connectivity index (χ0n) is 9.65. The van der Waals surface area contributed by atoms with Crippen molar-refractivity contribution in [3.63, 3.8) is 0 Å². The van der Waals surface area contributed by atoms with Gasteiger partial charge in [0.15, 0.2) is 0 Å². The molecule has 0 bridgehead atoms. The molecular weight excluding hydrogens is 202 g/mol. The van der Waals surface area contributed by atoms with Crippen LogP contribution in [0.1, 0.15) is 11.1 Å². The molecule has 0 saturated carbocycles. The molecule has 3 N–H and O–H groups in total. The smallest absolute Gasteiger partial charge is 0.121 e. The maximum atomic E-state index is 9.69. The van der Waals surface area contributed by atoms with Crippen LogP contribution in [0.15, 0.2) is 18.2 Å². The van der Waals surface area contributed by atoms with Crippen LogP contribution in [0, 0.1) is 13.8 Å². The standard InChI is InChI=1S/C12H15N3O/c1-7-4-9(5-8(2)12(7)16)10-6-11(13)15(3)14-10/h4-6,16H,13H2,1-3H3. The number of nitrogens with zero attached hydrogens (tertiary/aromatic N) is 2. The molecular formula is C12H15N3O. The molecule has 0 radical (unpaired) electrons. The third-order valence-corrected chi connectivity index (χ3v) is 2.70. The molecule has 4 nitrogen and oxygen atoms in total. The van der Waals surface area contributed by atoms with Gasteiger partial charge >= 0.3 is 0 Å². The number of aromatic nitrogens is 2. The molecule has 1 aromatic carbocycles. The second-order valence-electron chi connectivity index (χ2n) is 4.04. The van der Waals surface area contributed by atoms with Gasteiger partial charge < -0.3 is 10.8 Å². The van der Waals surface area contributed by atoms with Crippen LogP contribution >= 0.6 is 0 Å². The van der Waals surface area contributed by atoms with E-state index in [2.05, 4.69) is 5.10 Å². The van der Waals surface area contributed by atoms with Crippen molar-refractivity contribution < 1.29 is 5.11 Å². The van der Waals surface area contributed by atoms with Crippen LogP contribution in [0.25, 0.3) is 11.3 Å². The van der Waals surface area contributed by atoms with E-state index in [0.29, 0.717) is 11.6 Å². The quantitative estimate of drug-likeness (QED) is 0.767. The topological polar surface area (TPSA) is 64.1 Å². The van der Waals surface area contributed by atoms with Crippen molar-refractivity contribution in [2.45, 2.75) is 13.8 Å². The van der Waals surface area contributed by atoms with E-state index in [9.17, 15) is 5.11 Å². The number of benzene rings is 1. The number of phenolic OH excluding ortho intramolecular Hbond substituents is 1. The lowest BCUT2D eigenvalue weighted by Crippen LogP contribution is -1.96. The first kappa shape index (κ1) is 10.5. The lowest BCUT2D eigenvalue weighted by atomic mass is 10.0. The van der Waals surface area contributed by atoms with Gasteiger partial charge in [-0.2, -0.15) is 5.10 Å². The Balaban J connectivity index is 2.56. The number of rotatable bonds is 1. The van der Waals surface area contributed by atoms with Crippen molar-refractivity contribution in [2.24, 2.45) is 7.05 Å². The van der Waals surface area contributed by atoms with Gasteiger partial charge in [-0.15, -0.1) is 0 Å². The maximum absolute atomic E-state index is 9.69. The predicted molar refractivity (Wildman–Crippen MR) is 64.2 cm³/mol. The van der Waals surface area contributed by atoms with E-state index in [0.717, 1.165) is 22.4 Å². The number of nitrogen functional groups attached to an aromatic ring is 1. The highest BCUT2D eigenvalue weighted by atomic mass is 16.3. The van der Waals surface area contributed by atoms with Gasteiger partial charge in [0.25, 0.3) is 0 Å². The molecule has 2 aromatic rings. The van der Waals surface area contributed by atoms with E-state index < -0.39 is 0 Å². The summed E-state index contributed by atoms with van der Waals surface area (Å²) in [7, 11) is 1.80. The molecule has 2 rings (SSSR count). The number of hydrogen-bond acceptors (Lipinski definition) is 3. The van der Waals surface area contributed by atoms with Gasteiger partial charge in [-0.05, 0) is 37.1 Å². The molecule has 4 heteroatoms. The summed E-state index contributed by atoms with van der Waals surface area (Å²) in [5.74, 6) is 0.964. The molecule has 0 spiro atoms. The van der Waals surface area contributed by atoms with Gasteiger partial charge in [-0.25, -0.2) is 0 Å². The SMILES string of the molecule is Cc1cc(-c2cc(N)n(C)n2)cc(C)c1O. The number of aromatic hydroxyl groups is 1. The number of phenols is 1. The van der Waals surface area contributed by atoms with Crippen LogP contribution < -0.4 is 5.73 Å². The van der Waals surface area contributed by atoms with E-state index in [1.165, 1.54) is 0 Å². The first-order chi connectivity index (χ1) is 7.49. The average Bonchev–Trinajstić information content (AvgIpc) is 2.55. The minimum Gasteiger partial charge on any atom is -0.507 e. The Kier molecular flexibility index (Phi) is 2.34. The van der Waals surface area contributed by atoms with E-state index in [1.54, 1.807) is 11.7 Å².